The zero-order chi connectivity index (χ0) is 21.8. The summed E-state index contributed by atoms with van der Waals surface area (Å²) >= 11 is 1.31. The van der Waals surface area contributed by atoms with Crippen molar-refractivity contribution >= 4 is 38.1 Å². The Morgan fingerprint density at radius 1 is 0.871 bits per heavy atom. The molecule has 0 fully saturated rings. The SMILES string of the molecule is CC(=O)Nc1nc(-c2cccc(NS(=O)(=O)c3ccc(-c4ccccc4)cc3)c2)cs1. The van der Waals surface area contributed by atoms with E-state index >= 15 is 0 Å². The van der Waals surface area contributed by atoms with E-state index < -0.39 is 10.0 Å². The molecular weight excluding hydrogens is 430 g/mol. The highest BCUT2D eigenvalue weighted by atomic mass is 32.2. The Morgan fingerprint density at radius 3 is 2.26 bits per heavy atom. The summed E-state index contributed by atoms with van der Waals surface area (Å²) in [6, 6.07) is 23.5. The molecule has 6 nitrogen and oxygen atoms in total. The van der Waals surface area contributed by atoms with Gasteiger partial charge in [-0.3, -0.25) is 9.52 Å². The lowest BCUT2D eigenvalue weighted by Gasteiger charge is -2.10. The van der Waals surface area contributed by atoms with Crippen molar-refractivity contribution in [2.75, 3.05) is 10.0 Å². The van der Waals surface area contributed by atoms with Gasteiger partial charge in [0.1, 0.15) is 0 Å². The van der Waals surface area contributed by atoms with Crippen LogP contribution in [-0.4, -0.2) is 19.3 Å². The molecule has 1 heterocycles. The van der Waals surface area contributed by atoms with Crippen LogP contribution in [0.4, 0.5) is 10.8 Å². The van der Waals surface area contributed by atoms with Crippen molar-refractivity contribution in [3.05, 3.63) is 84.2 Å². The Morgan fingerprint density at radius 2 is 1.55 bits per heavy atom. The van der Waals surface area contributed by atoms with Gasteiger partial charge in [-0.15, -0.1) is 11.3 Å². The van der Waals surface area contributed by atoms with Crippen molar-refractivity contribution in [3.8, 4) is 22.4 Å². The molecule has 1 aromatic heterocycles. The van der Waals surface area contributed by atoms with Crippen molar-refractivity contribution in [2.45, 2.75) is 11.8 Å². The van der Waals surface area contributed by atoms with Crippen LogP contribution in [0, 0.1) is 0 Å². The minimum absolute atomic E-state index is 0.180. The third kappa shape index (κ3) is 4.99. The molecule has 4 rings (SSSR count). The summed E-state index contributed by atoms with van der Waals surface area (Å²) in [4.78, 5) is 15.7. The molecule has 3 aromatic carbocycles. The molecule has 0 atom stereocenters. The lowest BCUT2D eigenvalue weighted by molar-refractivity contribution is -0.114. The number of thiazole rings is 1. The number of carbonyl (C=O) groups is 1. The van der Waals surface area contributed by atoms with Gasteiger partial charge in [0.15, 0.2) is 5.13 Å². The van der Waals surface area contributed by atoms with Crippen LogP contribution in [-0.2, 0) is 14.8 Å². The minimum atomic E-state index is -3.75. The first kappa shape index (κ1) is 20.8. The molecule has 2 N–H and O–H groups in total. The lowest BCUT2D eigenvalue weighted by atomic mass is 10.1. The third-order valence-corrected chi connectivity index (χ3v) is 6.62. The number of hydrogen-bond acceptors (Lipinski definition) is 5. The molecule has 0 aliphatic rings. The van der Waals surface area contributed by atoms with E-state index in [0.29, 0.717) is 16.5 Å². The van der Waals surface area contributed by atoms with Gasteiger partial charge in [0, 0.05) is 23.6 Å². The van der Waals surface area contributed by atoms with Crippen LogP contribution in [0.25, 0.3) is 22.4 Å². The molecule has 0 aliphatic heterocycles. The molecule has 0 saturated heterocycles. The normalized spacial score (nSPS) is 11.1. The van der Waals surface area contributed by atoms with Gasteiger partial charge in [0.05, 0.1) is 10.6 Å². The number of amides is 1. The highest BCUT2D eigenvalue weighted by Crippen LogP contribution is 2.28. The van der Waals surface area contributed by atoms with Gasteiger partial charge >= 0.3 is 0 Å². The quantitative estimate of drug-likeness (QED) is 0.422. The second-order valence-electron chi connectivity index (χ2n) is 6.80. The van der Waals surface area contributed by atoms with Crippen molar-refractivity contribution < 1.29 is 13.2 Å². The highest BCUT2D eigenvalue weighted by Gasteiger charge is 2.15. The summed E-state index contributed by atoms with van der Waals surface area (Å²) in [6.45, 7) is 1.42. The van der Waals surface area contributed by atoms with E-state index in [1.54, 1.807) is 47.8 Å². The van der Waals surface area contributed by atoms with Gasteiger partial charge < -0.3 is 5.32 Å². The summed E-state index contributed by atoms with van der Waals surface area (Å²) in [6.07, 6.45) is 0. The minimum Gasteiger partial charge on any atom is -0.302 e. The maximum atomic E-state index is 12.9. The van der Waals surface area contributed by atoms with Gasteiger partial charge in [0.2, 0.25) is 5.91 Å². The molecule has 0 radical (unpaired) electrons. The lowest BCUT2D eigenvalue weighted by Crippen LogP contribution is -2.12. The summed E-state index contributed by atoms with van der Waals surface area (Å²) in [5.41, 5.74) is 3.79. The average Bonchev–Trinajstić information content (AvgIpc) is 3.22. The first-order valence-corrected chi connectivity index (χ1v) is 11.8. The number of nitrogens with one attached hydrogen (secondary N) is 2. The monoisotopic (exact) mass is 449 g/mol. The molecule has 0 saturated carbocycles. The van der Waals surface area contributed by atoms with E-state index in [0.717, 1.165) is 16.7 Å². The van der Waals surface area contributed by atoms with Gasteiger partial charge in [-0.1, -0.05) is 54.6 Å². The molecule has 0 spiro atoms. The van der Waals surface area contributed by atoms with Gasteiger partial charge in [-0.05, 0) is 35.4 Å². The second kappa shape index (κ2) is 8.71. The van der Waals surface area contributed by atoms with E-state index in [9.17, 15) is 13.2 Å². The third-order valence-electron chi connectivity index (χ3n) is 4.47. The van der Waals surface area contributed by atoms with E-state index in [2.05, 4.69) is 15.0 Å². The van der Waals surface area contributed by atoms with Crippen LogP contribution in [0.5, 0.6) is 0 Å². The molecule has 0 unspecified atom stereocenters. The van der Waals surface area contributed by atoms with Crippen molar-refractivity contribution in [1.29, 1.82) is 0 Å². The smallest absolute Gasteiger partial charge is 0.261 e. The summed E-state index contributed by atoms with van der Waals surface area (Å²) in [7, 11) is -3.75. The van der Waals surface area contributed by atoms with Crippen LogP contribution in [0.15, 0.2) is 89.1 Å². The van der Waals surface area contributed by atoms with Crippen LogP contribution in [0.3, 0.4) is 0 Å². The topological polar surface area (TPSA) is 88.2 Å². The van der Waals surface area contributed by atoms with Gasteiger partial charge in [-0.2, -0.15) is 0 Å². The average molecular weight is 450 g/mol. The summed E-state index contributed by atoms with van der Waals surface area (Å²) < 4.78 is 28.3. The first-order chi connectivity index (χ1) is 14.9. The molecule has 0 bridgehead atoms. The van der Waals surface area contributed by atoms with Crippen molar-refractivity contribution in [1.82, 2.24) is 4.98 Å². The first-order valence-electron chi connectivity index (χ1n) is 9.42. The number of hydrogen-bond donors (Lipinski definition) is 2. The Bertz CT molecular complexity index is 1320. The molecule has 156 valence electrons. The standard InChI is InChI=1S/C23H19N3O3S2/c1-16(27)24-23-25-22(15-30-23)19-8-5-9-20(14-19)26-31(28,29)21-12-10-18(11-13-21)17-6-3-2-4-7-17/h2-15,26H,1H3,(H,24,25,27). The molecule has 0 aliphatic carbocycles. The molecule has 4 aromatic rings. The highest BCUT2D eigenvalue weighted by molar-refractivity contribution is 7.92. The predicted molar refractivity (Wildman–Crippen MR) is 125 cm³/mol. The number of rotatable bonds is 6. The van der Waals surface area contributed by atoms with Crippen LogP contribution < -0.4 is 10.0 Å². The molecule has 8 heteroatoms. The number of carbonyl (C=O) groups excluding carboxylic acids is 1. The molecule has 1 amide bonds. The predicted octanol–water partition coefficient (Wildman–Crippen LogP) is 5.24. The van der Waals surface area contributed by atoms with Crippen molar-refractivity contribution in [3.63, 3.8) is 0 Å². The number of anilines is 2. The van der Waals surface area contributed by atoms with Gasteiger partial charge in [0.25, 0.3) is 10.0 Å². The van der Waals surface area contributed by atoms with Crippen LogP contribution in [0.1, 0.15) is 6.92 Å². The summed E-state index contributed by atoms with van der Waals surface area (Å²) in [5, 5.41) is 4.94. The molecular formula is C23H19N3O3S2. The van der Waals surface area contributed by atoms with E-state index in [1.807, 2.05) is 36.4 Å². The Labute approximate surface area is 184 Å². The second-order valence-corrected chi connectivity index (χ2v) is 9.34. The Hall–Kier alpha value is -3.49. The number of benzene rings is 3. The zero-order valence-electron chi connectivity index (χ0n) is 16.6. The van der Waals surface area contributed by atoms with Crippen LogP contribution in [0.2, 0.25) is 0 Å². The largest absolute Gasteiger partial charge is 0.302 e. The Balaban J connectivity index is 1.54. The van der Waals surface area contributed by atoms with Crippen LogP contribution >= 0.6 is 11.3 Å². The maximum Gasteiger partial charge on any atom is 0.261 e. The number of nitrogens with zero attached hydrogens (tertiary/aromatic N) is 1. The maximum absolute atomic E-state index is 12.9. The molecule has 31 heavy (non-hydrogen) atoms. The summed E-state index contributed by atoms with van der Waals surface area (Å²) in [5.74, 6) is -0.194. The van der Waals surface area contributed by atoms with E-state index in [1.165, 1.54) is 18.3 Å². The van der Waals surface area contributed by atoms with E-state index in [4.69, 9.17) is 0 Å². The fraction of sp³-hybridized carbons (Fsp3) is 0.0435. The van der Waals surface area contributed by atoms with Gasteiger partial charge in [-0.25, -0.2) is 13.4 Å². The zero-order valence-corrected chi connectivity index (χ0v) is 18.2. The number of sulfonamides is 1. The fourth-order valence-electron chi connectivity index (χ4n) is 3.03. The van der Waals surface area contributed by atoms with Crippen molar-refractivity contribution in [2.24, 2.45) is 0 Å². The fourth-order valence-corrected chi connectivity index (χ4v) is 4.84. The van der Waals surface area contributed by atoms with E-state index in [-0.39, 0.29) is 10.8 Å². The Kier molecular flexibility index (Phi) is 5.83. The number of aromatic nitrogens is 1.